The lowest BCUT2D eigenvalue weighted by Gasteiger charge is -2.31. The summed E-state index contributed by atoms with van der Waals surface area (Å²) < 4.78 is 10.0. The Balaban J connectivity index is 1.27. The molecule has 0 bridgehead atoms. The summed E-state index contributed by atoms with van der Waals surface area (Å²) in [6, 6.07) is 5.46. The number of aromatic amines is 1. The zero-order chi connectivity index (χ0) is 21.1. The van der Waals surface area contributed by atoms with Gasteiger partial charge in [-0.3, -0.25) is 19.6 Å². The predicted molar refractivity (Wildman–Crippen MR) is 106 cm³/mol. The number of likely N-dealkylation sites (tertiary alicyclic amines) is 1. The minimum absolute atomic E-state index is 0.175. The van der Waals surface area contributed by atoms with Crippen LogP contribution in [0.1, 0.15) is 39.8 Å². The van der Waals surface area contributed by atoms with Crippen LogP contribution in [0.25, 0.3) is 10.9 Å². The summed E-state index contributed by atoms with van der Waals surface area (Å²) in [6.07, 6.45) is 1.85. The van der Waals surface area contributed by atoms with Gasteiger partial charge in [-0.15, -0.1) is 0 Å². The third-order valence-corrected chi connectivity index (χ3v) is 5.29. The Labute approximate surface area is 171 Å². The van der Waals surface area contributed by atoms with Crippen LogP contribution in [0.2, 0.25) is 0 Å². The molecule has 0 unspecified atom stereocenters. The number of carbonyl (C=O) groups is 2. The maximum absolute atomic E-state index is 12.6. The molecule has 2 amide bonds. The molecule has 4 rings (SSSR count). The number of nitrogens with zero attached hydrogens (tertiary/aromatic N) is 4. The van der Waals surface area contributed by atoms with Crippen LogP contribution in [0.5, 0.6) is 5.75 Å². The number of nitrogens with two attached hydrogens (primary N) is 1. The first kappa shape index (κ1) is 19.8. The normalized spacial score (nSPS) is 15.4. The molecule has 0 aliphatic carbocycles. The number of piperidine rings is 1. The Morgan fingerprint density at radius 1 is 1.37 bits per heavy atom. The fourth-order valence-corrected chi connectivity index (χ4v) is 3.58. The van der Waals surface area contributed by atoms with Crippen molar-refractivity contribution in [1.82, 2.24) is 30.6 Å². The van der Waals surface area contributed by atoms with Crippen molar-refractivity contribution in [2.24, 2.45) is 11.7 Å². The van der Waals surface area contributed by atoms with E-state index in [1.54, 1.807) is 13.2 Å². The highest BCUT2D eigenvalue weighted by Crippen LogP contribution is 2.22. The number of hydrogen-bond acceptors (Lipinski definition) is 8. The van der Waals surface area contributed by atoms with E-state index in [2.05, 4.69) is 30.6 Å². The number of carbonyl (C=O) groups excluding carboxylic acids is 2. The van der Waals surface area contributed by atoms with Crippen molar-refractivity contribution in [3.8, 4) is 5.75 Å². The molecular formula is C19H23N7O4. The summed E-state index contributed by atoms with van der Waals surface area (Å²) in [5.41, 5.74) is 6.27. The second-order valence-electron chi connectivity index (χ2n) is 7.29. The van der Waals surface area contributed by atoms with E-state index < -0.39 is 5.91 Å². The van der Waals surface area contributed by atoms with Crippen molar-refractivity contribution in [1.29, 1.82) is 0 Å². The summed E-state index contributed by atoms with van der Waals surface area (Å²) in [5.74, 6) is 0.378. The van der Waals surface area contributed by atoms with Gasteiger partial charge in [0.25, 0.3) is 5.91 Å². The van der Waals surface area contributed by atoms with Gasteiger partial charge in [-0.2, -0.15) is 10.1 Å². The number of methoxy groups -OCH3 is 1. The lowest BCUT2D eigenvalue weighted by molar-refractivity contribution is 0.0929. The summed E-state index contributed by atoms with van der Waals surface area (Å²) in [5, 5.41) is 14.5. The minimum Gasteiger partial charge on any atom is -0.497 e. The molecule has 11 heteroatoms. The standard InChI is InChI=1S/C19H23N7O4/c1-29-12-2-3-14-13(8-12)16(24-23-14)18(28)21-9-11-4-6-26(7-5-11)10-15-22-19(17(20)27)30-25-15/h2-3,8,11H,4-7,9-10H2,1H3,(H2,20,27)(H,21,28)(H,23,24). The van der Waals surface area contributed by atoms with Crippen LogP contribution < -0.4 is 15.8 Å². The van der Waals surface area contributed by atoms with Gasteiger partial charge in [-0.25, -0.2) is 0 Å². The van der Waals surface area contributed by atoms with Gasteiger partial charge in [0.05, 0.1) is 19.2 Å². The molecule has 1 saturated heterocycles. The van der Waals surface area contributed by atoms with E-state index in [1.165, 1.54) is 0 Å². The van der Waals surface area contributed by atoms with Gasteiger partial charge in [-0.1, -0.05) is 5.16 Å². The maximum atomic E-state index is 12.6. The molecular weight excluding hydrogens is 390 g/mol. The zero-order valence-corrected chi connectivity index (χ0v) is 16.6. The molecule has 30 heavy (non-hydrogen) atoms. The number of hydrogen-bond donors (Lipinski definition) is 3. The summed E-state index contributed by atoms with van der Waals surface area (Å²) in [6.45, 7) is 2.75. The van der Waals surface area contributed by atoms with Crippen LogP contribution in [0.3, 0.4) is 0 Å². The molecule has 0 saturated carbocycles. The first-order valence-electron chi connectivity index (χ1n) is 9.68. The second-order valence-corrected chi connectivity index (χ2v) is 7.29. The summed E-state index contributed by atoms with van der Waals surface area (Å²) >= 11 is 0. The predicted octanol–water partition coefficient (Wildman–Crippen LogP) is 0.695. The Morgan fingerprint density at radius 2 is 2.17 bits per heavy atom. The van der Waals surface area contributed by atoms with Crippen LogP contribution in [0.4, 0.5) is 0 Å². The number of rotatable bonds is 7. The third kappa shape index (κ3) is 4.25. The van der Waals surface area contributed by atoms with Gasteiger partial charge < -0.3 is 20.3 Å². The topological polar surface area (TPSA) is 152 Å². The number of fused-ring (bicyclic) bond motifs is 1. The van der Waals surface area contributed by atoms with Gasteiger partial charge in [-0.05, 0) is 50.0 Å². The Morgan fingerprint density at radius 3 is 2.87 bits per heavy atom. The van der Waals surface area contributed by atoms with E-state index in [0.717, 1.165) is 36.8 Å². The van der Waals surface area contributed by atoms with Crippen LogP contribution in [0.15, 0.2) is 22.7 Å². The molecule has 3 aromatic rings. The molecule has 0 radical (unpaired) electrons. The van der Waals surface area contributed by atoms with Crippen LogP contribution in [0, 0.1) is 5.92 Å². The molecule has 4 N–H and O–H groups in total. The maximum Gasteiger partial charge on any atom is 0.315 e. The number of ether oxygens (including phenoxy) is 1. The van der Waals surface area contributed by atoms with Crippen molar-refractivity contribution in [2.75, 3.05) is 26.7 Å². The number of benzene rings is 1. The molecule has 3 heterocycles. The highest BCUT2D eigenvalue weighted by atomic mass is 16.5. The van der Waals surface area contributed by atoms with Crippen molar-refractivity contribution in [3.63, 3.8) is 0 Å². The number of primary amides is 1. The molecule has 2 aromatic heterocycles. The van der Waals surface area contributed by atoms with Gasteiger partial charge in [0.15, 0.2) is 11.5 Å². The smallest absolute Gasteiger partial charge is 0.315 e. The van der Waals surface area contributed by atoms with Gasteiger partial charge in [0, 0.05) is 11.9 Å². The number of amides is 2. The van der Waals surface area contributed by atoms with Crippen molar-refractivity contribution in [3.05, 3.63) is 35.6 Å². The highest BCUT2D eigenvalue weighted by molar-refractivity contribution is 6.05. The quantitative estimate of drug-likeness (QED) is 0.512. The number of H-pyrrole nitrogens is 1. The molecule has 158 valence electrons. The zero-order valence-electron chi connectivity index (χ0n) is 16.6. The van der Waals surface area contributed by atoms with E-state index in [-0.39, 0.29) is 11.8 Å². The Bertz CT molecular complexity index is 1050. The molecule has 1 aromatic carbocycles. The molecule has 1 fully saturated rings. The number of nitrogens with one attached hydrogen (secondary N) is 2. The Hall–Kier alpha value is -3.47. The van der Waals surface area contributed by atoms with Crippen molar-refractivity contribution < 1.29 is 18.8 Å². The monoisotopic (exact) mass is 413 g/mol. The van der Waals surface area contributed by atoms with Crippen LogP contribution in [-0.4, -0.2) is 63.8 Å². The van der Waals surface area contributed by atoms with Crippen molar-refractivity contribution >= 4 is 22.7 Å². The average Bonchev–Trinajstić information content (AvgIpc) is 3.39. The van der Waals surface area contributed by atoms with E-state index in [9.17, 15) is 9.59 Å². The summed E-state index contributed by atoms with van der Waals surface area (Å²) in [7, 11) is 1.59. The average molecular weight is 413 g/mol. The molecule has 0 spiro atoms. The van der Waals surface area contributed by atoms with E-state index in [0.29, 0.717) is 36.3 Å². The van der Waals surface area contributed by atoms with Crippen molar-refractivity contribution in [2.45, 2.75) is 19.4 Å². The fraction of sp³-hybridized carbons (Fsp3) is 0.421. The highest BCUT2D eigenvalue weighted by Gasteiger charge is 2.23. The van der Waals surface area contributed by atoms with E-state index in [1.807, 2.05) is 12.1 Å². The lowest BCUT2D eigenvalue weighted by atomic mass is 9.96. The van der Waals surface area contributed by atoms with Gasteiger partial charge in [0.1, 0.15) is 5.75 Å². The SMILES string of the molecule is COc1ccc2[nH]nc(C(=O)NCC3CCN(Cc4noc(C(N)=O)n4)CC3)c2c1. The molecule has 0 atom stereocenters. The second kappa shape index (κ2) is 8.49. The van der Waals surface area contributed by atoms with E-state index in [4.69, 9.17) is 15.0 Å². The first-order valence-corrected chi connectivity index (χ1v) is 9.68. The van der Waals surface area contributed by atoms with Crippen LogP contribution >= 0.6 is 0 Å². The largest absolute Gasteiger partial charge is 0.497 e. The van der Waals surface area contributed by atoms with Gasteiger partial charge in [0.2, 0.25) is 0 Å². The molecule has 1 aliphatic heterocycles. The fourth-order valence-electron chi connectivity index (χ4n) is 3.58. The van der Waals surface area contributed by atoms with Gasteiger partial charge >= 0.3 is 11.8 Å². The first-order chi connectivity index (χ1) is 14.5. The summed E-state index contributed by atoms with van der Waals surface area (Å²) in [4.78, 5) is 29.8. The molecule has 1 aliphatic rings. The third-order valence-electron chi connectivity index (χ3n) is 5.29. The lowest BCUT2D eigenvalue weighted by Crippen LogP contribution is -2.38. The Kier molecular flexibility index (Phi) is 5.61. The van der Waals surface area contributed by atoms with E-state index >= 15 is 0 Å². The minimum atomic E-state index is -0.730. The number of aromatic nitrogens is 4. The van der Waals surface area contributed by atoms with Crippen LogP contribution in [-0.2, 0) is 6.54 Å². The molecule has 11 nitrogen and oxygen atoms in total.